The Labute approximate surface area is 316 Å². The van der Waals surface area contributed by atoms with Crippen LogP contribution in [0.1, 0.15) is 118 Å². The number of amides is 3. The molecular weight excluding hydrogens is 675 g/mol. The highest BCUT2D eigenvalue weighted by atomic mass is 32.2. The Kier molecular flexibility index (Phi) is 12.1. The topological polar surface area (TPSA) is 146 Å². The summed E-state index contributed by atoms with van der Waals surface area (Å²) in [6.45, 7) is 11.8. The summed E-state index contributed by atoms with van der Waals surface area (Å²) in [7, 11) is 0. The van der Waals surface area contributed by atoms with Gasteiger partial charge in [-0.1, -0.05) is 26.7 Å². The van der Waals surface area contributed by atoms with E-state index in [9.17, 15) is 19.5 Å². The lowest BCUT2D eigenvalue weighted by molar-refractivity contribution is -0.162. The number of hydrogen-bond acceptors (Lipinski definition) is 8. The van der Waals surface area contributed by atoms with Crippen molar-refractivity contribution in [1.82, 2.24) is 20.9 Å². The number of carbonyl (C=O) groups excluding carboxylic acids is 3. The molecule has 6 aliphatic rings. The summed E-state index contributed by atoms with van der Waals surface area (Å²) in [6.07, 6.45) is 18.5. The fourth-order valence-electron chi connectivity index (χ4n) is 11.6. The number of hydrogen-bond donors (Lipinski definition) is 5. The van der Waals surface area contributed by atoms with Crippen LogP contribution < -0.4 is 21.7 Å². The zero-order valence-electron chi connectivity index (χ0n) is 32.3. The highest BCUT2D eigenvalue weighted by Gasteiger charge is 2.62. The molecule has 4 aliphatic carbocycles. The van der Waals surface area contributed by atoms with Gasteiger partial charge >= 0.3 is 0 Å². The molecule has 0 radical (unpaired) electrons. The van der Waals surface area contributed by atoms with E-state index >= 15 is 0 Å². The third-order valence-electron chi connectivity index (χ3n) is 14.5. The lowest BCUT2D eigenvalue weighted by Crippen LogP contribution is -2.71. The van der Waals surface area contributed by atoms with Crippen molar-refractivity contribution < 1.29 is 24.2 Å². The number of carbonyl (C=O) groups is 3. The molecule has 6 rings (SSSR count). The molecule has 0 bridgehead atoms. The summed E-state index contributed by atoms with van der Waals surface area (Å²) in [5, 5.41) is 20.5. The predicted octanol–water partition coefficient (Wildman–Crippen LogP) is 4.66. The van der Waals surface area contributed by atoms with Gasteiger partial charge in [-0.3, -0.25) is 24.6 Å². The minimum absolute atomic E-state index is 0.0993. The summed E-state index contributed by atoms with van der Waals surface area (Å²) in [4.78, 5) is 41.8. The van der Waals surface area contributed by atoms with Gasteiger partial charge in [-0.05, 0) is 125 Å². The maximum atomic E-state index is 13.5. The third kappa shape index (κ3) is 7.58. The van der Waals surface area contributed by atoms with Gasteiger partial charge in [0.1, 0.15) is 17.1 Å². The molecule has 10 nitrogen and oxygen atoms in total. The molecule has 0 aromatic carbocycles. The molecule has 0 aromatic heterocycles. The highest BCUT2D eigenvalue weighted by Crippen LogP contribution is 2.68. The Morgan fingerprint density at radius 3 is 2.67 bits per heavy atom. The Morgan fingerprint density at radius 2 is 1.92 bits per heavy atom. The van der Waals surface area contributed by atoms with Crippen molar-refractivity contribution in [2.75, 3.05) is 25.4 Å². The summed E-state index contributed by atoms with van der Waals surface area (Å²) in [5.74, 6) is 5.34. The average molecular weight is 740 g/mol. The zero-order valence-corrected chi connectivity index (χ0v) is 33.1. The van der Waals surface area contributed by atoms with Crippen LogP contribution in [-0.2, 0) is 19.1 Å². The second kappa shape index (κ2) is 15.9. The molecule has 5 fully saturated rings. The van der Waals surface area contributed by atoms with Crippen LogP contribution in [0.25, 0.3) is 0 Å². The van der Waals surface area contributed by atoms with Crippen molar-refractivity contribution in [2.45, 2.75) is 147 Å². The van der Waals surface area contributed by atoms with Gasteiger partial charge in [0.25, 0.3) is 11.8 Å². The maximum Gasteiger partial charge on any atom is 0.269 e. The van der Waals surface area contributed by atoms with Crippen molar-refractivity contribution in [2.24, 2.45) is 46.2 Å². The lowest BCUT2D eigenvalue weighted by Gasteiger charge is -2.62. The molecule has 52 heavy (non-hydrogen) atoms. The summed E-state index contributed by atoms with van der Waals surface area (Å²) in [6, 6.07) is -0.640. The van der Waals surface area contributed by atoms with Crippen LogP contribution in [-0.4, -0.2) is 82.5 Å². The number of ether oxygens (including phenoxy) is 1. The van der Waals surface area contributed by atoms with Gasteiger partial charge in [0, 0.05) is 31.7 Å². The van der Waals surface area contributed by atoms with Crippen LogP contribution in [0.2, 0.25) is 0 Å². The van der Waals surface area contributed by atoms with E-state index in [1.807, 2.05) is 20.8 Å². The van der Waals surface area contributed by atoms with Gasteiger partial charge in [0.05, 0.1) is 24.5 Å². The molecule has 4 saturated carbocycles. The first-order valence-electron chi connectivity index (χ1n) is 20.2. The zero-order chi connectivity index (χ0) is 37.4. The normalized spacial score (nSPS) is 37.5. The van der Waals surface area contributed by atoms with Crippen LogP contribution in [0.3, 0.4) is 0 Å². The number of β-lactam (4-membered cyclic amide) rings is 1. The van der Waals surface area contributed by atoms with Gasteiger partial charge in [0.2, 0.25) is 5.91 Å². The Bertz CT molecular complexity index is 1430. The SMILES string of the molecule is C#CCCOC(C)(C)CNC(CN)NC(=O)C1=C(C)CSC2C(NC(=O)CCCC3CCC4C5C(O)CC6CCCCC6(C)C5CCC34C)C(=O)N12. The van der Waals surface area contributed by atoms with Crippen molar-refractivity contribution in [1.29, 1.82) is 0 Å². The number of aliphatic hydroxyl groups is 1. The predicted molar refractivity (Wildman–Crippen MR) is 205 cm³/mol. The van der Waals surface area contributed by atoms with Crippen molar-refractivity contribution in [3.05, 3.63) is 11.3 Å². The largest absolute Gasteiger partial charge is 0.393 e. The molecule has 2 aliphatic heterocycles. The molecule has 0 spiro atoms. The van der Waals surface area contributed by atoms with E-state index in [0.29, 0.717) is 72.4 Å². The summed E-state index contributed by atoms with van der Waals surface area (Å²) in [5.41, 5.74) is 7.26. The Hall–Kier alpha value is -2.10. The molecule has 6 N–H and O–H groups in total. The van der Waals surface area contributed by atoms with Crippen molar-refractivity contribution >= 4 is 29.5 Å². The first-order valence-corrected chi connectivity index (χ1v) is 21.2. The number of nitrogens with two attached hydrogens (primary N) is 1. The van der Waals surface area contributed by atoms with E-state index < -0.39 is 17.8 Å². The van der Waals surface area contributed by atoms with Gasteiger partial charge in [-0.25, -0.2) is 0 Å². The lowest BCUT2D eigenvalue weighted by atomic mass is 9.44. The third-order valence-corrected chi connectivity index (χ3v) is 15.9. The van der Waals surface area contributed by atoms with Gasteiger partial charge < -0.3 is 26.2 Å². The van der Waals surface area contributed by atoms with Crippen LogP contribution in [0, 0.1) is 52.8 Å². The van der Waals surface area contributed by atoms with Crippen molar-refractivity contribution in [3.63, 3.8) is 0 Å². The fraction of sp³-hybridized carbons (Fsp3) is 0.829. The smallest absolute Gasteiger partial charge is 0.269 e. The minimum atomic E-state index is -0.640. The van der Waals surface area contributed by atoms with E-state index in [1.54, 1.807) is 11.8 Å². The number of aliphatic hydroxyl groups excluding tert-OH is 1. The molecule has 1 saturated heterocycles. The Balaban J connectivity index is 0.977. The molecule has 11 atom stereocenters. The van der Waals surface area contributed by atoms with Crippen molar-refractivity contribution in [3.8, 4) is 12.3 Å². The summed E-state index contributed by atoms with van der Waals surface area (Å²) >= 11 is 1.58. The standard InChI is InChI=1S/C41H65N5O5S/c1-7-8-20-51-39(3,4)24-43-31(22-42)44-36(49)35-25(2)23-52-38-34(37(50)46(35)38)45-32(48)14-11-13-26-15-16-28-33-29(17-19-41(26,28)6)40(5)18-10-9-12-27(40)21-30(33)47/h1,26-31,33-34,38,43,47H,8-24,42H2,2-6H3,(H,44,49)(H,45,48). The van der Waals surface area contributed by atoms with E-state index in [4.69, 9.17) is 16.9 Å². The number of fused-ring (bicyclic) bond motifs is 6. The van der Waals surface area contributed by atoms with Crippen LogP contribution in [0.5, 0.6) is 0 Å². The van der Waals surface area contributed by atoms with Crippen LogP contribution in [0.4, 0.5) is 0 Å². The van der Waals surface area contributed by atoms with Crippen LogP contribution in [0.15, 0.2) is 11.3 Å². The monoisotopic (exact) mass is 739 g/mol. The second-order valence-electron chi connectivity index (χ2n) is 18.0. The Morgan fingerprint density at radius 1 is 1.15 bits per heavy atom. The number of thioether (sulfide) groups is 1. The van der Waals surface area contributed by atoms with Gasteiger partial charge in [-0.15, -0.1) is 24.1 Å². The van der Waals surface area contributed by atoms with Gasteiger partial charge in [0.15, 0.2) is 0 Å². The molecule has 3 amide bonds. The average Bonchev–Trinajstić information content (AvgIpc) is 3.44. The van der Waals surface area contributed by atoms with E-state index in [2.05, 4.69) is 35.7 Å². The molecule has 11 heteroatoms. The second-order valence-corrected chi connectivity index (χ2v) is 19.1. The highest BCUT2D eigenvalue weighted by molar-refractivity contribution is 8.00. The fourth-order valence-corrected chi connectivity index (χ4v) is 12.9. The van der Waals surface area contributed by atoms with E-state index in [-0.39, 0.29) is 41.2 Å². The van der Waals surface area contributed by atoms with E-state index in [0.717, 1.165) is 24.8 Å². The molecule has 2 heterocycles. The number of terminal acetylenes is 1. The van der Waals surface area contributed by atoms with Crippen LogP contribution >= 0.6 is 11.8 Å². The number of nitrogens with one attached hydrogen (secondary N) is 3. The van der Waals surface area contributed by atoms with E-state index in [1.165, 1.54) is 56.3 Å². The van der Waals surface area contributed by atoms with Gasteiger partial charge in [-0.2, -0.15) is 0 Å². The first-order chi connectivity index (χ1) is 24.7. The number of rotatable bonds is 14. The maximum absolute atomic E-state index is 13.5. The molecule has 0 aromatic rings. The minimum Gasteiger partial charge on any atom is -0.393 e. The first kappa shape index (κ1) is 39.6. The summed E-state index contributed by atoms with van der Waals surface area (Å²) < 4.78 is 5.85. The molecule has 290 valence electrons. The molecular formula is C41H65N5O5S. The number of nitrogens with zero attached hydrogens (tertiary/aromatic N) is 1. The quantitative estimate of drug-likeness (QED) is 0.0749. The molecule has 11 unspecified atom stereocenters.